The lowest BCUT2D eigenvalue weighted by molar-refractivity contribution is -0.121. The first-order chi connectivity index (χ1) is 15.4. The van der Waals surface area contributed by atoms with Gasteiger partial charge in [-0.1, -0.05) is 59.6 Å². The molecule has 32 heavy (non-hydrogen) atoms. The maximum absolute atomic E-state index is 13.4. The van der Waals surface area contributed by atoms with E-state index in [0.717, 1.165) is 9.80 Å². The number of carbonyl (C=O) groups is 3. The van der Waals surface area contributed by atoms with Crippen LogP contribution in [0.2, 0.25) is 10.0 Å². The number of hydrogen-bond acceptors (Lipinski definition) is 4. The van der Waals surface area contributed by atoms with Crippen LogP contribution in [0, 0.1) is 0 Å². The lowest BCUT2D eigenvalue weighted by Gasteiger charge is -2.34. The Balaban J connectivity index is 1.92. The molecule has 4 amide bonds. The molecule has 0 spiro atoms. The fourth-order valence-corrected chi connectivity index (χ4v) is 3.98. The second-order valence-corrected chi connectivity index (χ2v) is 7.65. The number of para-hydroxylation sites is 2. The Kier molecular flexibility index (Phi) is 5.99. The molecular formula is C24H16Cl2N2O4. The molecule has 160 valence electrons. The molecule has 1 heterocycles. The Hall–Kier alpha value is -3.61. The average Bonchev–Trinajstić information content (AvgIpc) is 2.78. The van der Waals surface area contributed by atoms with E-state index in [9.17, 15) is 14.4 Å². The molecule has 0 atom stereocenters. The molecule has 6 nitrogen and oxygen atoms in total. The van der Waals surface area contributed by atoms with Crippen molar-refractivity contribution < 1.29 is 19.1 Å². The molecule has 1 aliphatic rings. The summed E-state index contributed by atoms with van der Waals surface area (Å²) in [4.78, 5) is 42.0. The molecule has 0 unspecified atom stereocenters. The van der Waals surface area contributed by atoms with E-state index in [1.54, 1.807) is 60.7 Å². The van der Waals surface area contributed by atoms with Gasteiger partial charge in [0.15, 0.2) is 0 Å². The highest BCUT2D eigenvalue weighted by Crippen LogP contribution is 2.35. The maximum Gasteiger partial charge on any atom is 0.343 e. The van der Waals surface area contributed by atoms with Crippen molar-refractivity contribution in [2.75, 3.05) is 16.9 Å². The van der Waals surface area contributed by atoms with Gasteiger partial charge in [-0.05, 0) is 42.5 Å². The smallest absolute Gasteiger partial charge is 0.343 e. The minimum Gasteiger partial charge on any atom is -0.495 e. The fourth-order valence-electron chi connectivity index (χ4n) is 3.40. The number of nitrogens with zero attached hydrogens (tertiary/aromatic N) is 2. The molecule has 0 bridgehead atoms. The number of halogens is 2. The molecule has 1 aliphatic heterocycles. The van der Waals surface area contributed by atoms with Gasteiger partial charge < -0.3 is 4.74 Å². The summed E-state index contributed by atoms with van der Waals surface area (Å²) in [5, 5.41) is 0.521. The fraction of sp³-hybridized carbons (Fsp3) is 0.0417. The summed E-state index contributed by atoms with van der Waals surface area (Å²) in [6.45, 7) is 0. The zero-order valence-electron chi connectivity index (χ0n) is 16.8. The van der Waals surface area contributed by atoms with Crippen molar-refractivity contribution >= 4 is 58.5 Å². The van der Waals surface area contributed by atoms with Gasteiger partial charge in [0.1, 0.15) is 11.3 Å². The molecule has 3 aromatic carbocycles. The third-order valence-electron chi connectivity index (χ3n) is 4.82. The molecule has 0 aromatic heterocycles. The van der Waals surface area contributed by atoms with Crippen molar-refractivity contribution in [1.82, 2.24) is 0 Å². The number of carbonyl (C=O) groups excluding carboxylic acids is 3. The standard InChI is InChI=1S/C24H16Cl2N2O4/c1-32-21-15(12-16(25)14-20(21)26)13-19-22(29)27(17-8-4-2-5-9-17)24(31)28(23(19)30)18-10-6-3-7-11-18/h2-14H,1H3. The summed E-state index contributed by atoms with van der Waals surface area (Å²) < 4.78 is 5.34. The van der Waals surface area contributed by atoms with Crippen molar-refractivity contribution in [3.8, 4) is 5.75 Å². The summed E-state index contributed by atoms with van der Waals surface area (Å²) in [6, 6.07) is 19.0. The Labute approximate surface area is 194 Å². The van der Waals surface area contributed by atoms with Crippen LogP contribution in [-0.4, -0.2) is 25.0 Å². The SMILES string of the molecule is COc1c(Cl)cc(Cl)cc1C=C1C(=O)N(c2ccccc2)C(=O)N(c2ccccc2)C1=O. The van der Waals surface area contributed by atoms with Crippen molar-refractivity contribution in [2.24, 2.45) is 0 Å². The number of amides is 4. The lowest BCUT2D eigenvalue weighted by atomic mass is 10.0. The molecule has 0 aliphatic carbocycles. The second kappa shape index (κ2) is 8.86. The van der Waals surface area contributed by atoms with Gasteiger partial charge in [-0.25, -0.2) is 14.6 Å². The number of imide groups is 2. The first-order valence-corrected chi connectivity index (χ1v) is 10.3. The number of methoxy groups -OCH3 is 1. The Morgan fingerprint density at radius 2 is 1.28 bits per heavy atom. The van der Waals surface area contributed by atoms with E-state index in [1.165, 1.54) is 25.3 Å². The second-order valence-electron chi connectivity index (χ2n) is 6.80. The topological polar surface area (TPSA) is 66.9 Å². The third kappa shape index (κ3) is 3.86. The number of urea groups is 1. The molecule has 0 N–H and O–H groups in total. The van der Waals surface area contributed by atoms with Gasteiger partial charge in [0.2, 0.25) is 0 Å². The van der Waals surface area contributed by atoms with E-state index in [0.29, 0.717) is 22.0 Å². The number of benzene rings is 3. The van der Waals surface area contributed by atoms with E-state index in [2.05, 4.69) is 0 Å². The summed E-state index contributed by atoms with van der Waals surface area (Å²) in [5.41, 5.74) is 0.752. The van der Waals surface area contributed by atoms with Gasteiger partial charge in [-0.2, -0.15) is 0 Å². The Bertz CT molecular complexity index is 1180. The van der Waals surface area contributed by atoms with Crippen LogP contribution < -0.4 is 14.5 Å². The normalized spacial score (nSPS) is 14.1. The van der Waals surface area contributed by atoms with Crippen LogP contribution in [0.15, 0.2) is 78.4 Å². The number of ether oxygens (including phenoxy) is 1. The van der Waals surface area contributed by atoms with Gasteiger partial charge in [-0.3, -0.25) is 9.59 Å². The predicted octanol–water partition coefficient (Wildman–Crippen LogP) is 5.59. The number of barbiturate groups is 1. The van der Waals surface area contributed by atoms with Crippen molar-refractivity contribution in [2.45, 2.75) is 0 Å². The predicted molar refractivity (Wildman–Crippen MR) is 124 cm³/mol. The van der Waals surface area contributed by atoms with E-state index in [4.69, 9.17) is 27.9 Å². The molecule has 8 heteroatoms. The zero-order valence-corrected chi connectivity index (χ0v) is 18.3. The number of anilines is 2. The average molecular weight is 467 g/mol. The molecule has 1 fully saturated rings. The van der Waals surface area contributed by atoms with Crippen LogP contribution in [0.25, 0.3) is 6.08 Å². The van der Waals surface area contributed by atoms with Crippen LogP contribution in [0.4, 0.5) is 16.2 Å². The Morgan fingerprint density at radius 3 is 1.75 bits per heavy atom. The van der Waals surface area contributed by atoms with Gasteiger partial charge in [0, 0.05) is 10.6 Å². The summed E-state index contributed by atoms with van der Waals surface area (Å²) in [7, 11) is 1.41. The number of rotatable bonds is 4. The van der Waals surface area contributed by atoms with Crippen molar-refractivity contribution in [3.63, 3.8) is 0 Å². The molecule has 0 saturated carbocycles. The van der Waals surface area contributed by atoms with Crippen molar-refractivity contribution in [3.05, 3.63) is 94.0 Å². The summed E-state index contributed by atoms with van der Waals surface area (Å²) in [6.07, 6.45) is 1.33. The van der Waals surface area contributed by atoms with Gasteiger partial charge in [0.25, 0.3) is 11.8 Å². The quantitative estimate of drug-likeness (QED) is 0.371. The molecular weight excluding hydrogens is 451 g/mol. The van der Waals surface area contributed by atoms with Crippen LogP contribution in [0.1, 0.15) is 5.56 Å². The molecule has 0 radical (unpaired) electrons. The first-order valence-electron chi connectivity index (χ1n) is 9.50. The molecule has 1 saturated heterocycles. The van der Waals surface area contributed by atoms with Crippen LogP contribution in [-0.2, 0) is 9.59 Å². The van der Waals surface area contributed by atoms with E-state index in [-0.39, 0.29) is 16.3 Å². The Morgan fingerprint density at radius 1 is 0.781 bits per heavy atom. The van der Waals surface area contributed by atoms with E-state index >= 15 is 0 Å². The summed E-state index contributed by atoms with van der Waals surface area (Å²) >= 11 is 12.3. The zero-order chi connectivity index (χ0) is 22.8. The molecule has 4 rings (SSSR count). The lowest BCUT2D eigenvalue weighted by Crippen LogP contribution is -2.57. The largest absolute Gasteiger partial charge is 0.495 e. The van der Waals surface area contributed by atoms with Crippen molar-refractivity contribution in [1.29, 1.82) is 0 Å². The highest BCUT2D eigenvalue weighted by atomic mass is 35.5. The minimum atomic E-state index is -0.773. The minimum absolute atomic E-state index is 0.221. The van der Waals surface area contributed by atoms with Crippen LogP contribution >= 0.6 is 23.2 Å². The maximum atomic E-state index is 13.4. The number of hydrogen-bond donors (Lipinski definition) is 0. The molecule has 3 aromatic rings. The highest BCUT2D eigenvalue weighted by molar-refractivity contribution is 6.46. The van der Waals surface area contributed by atoms with Gasteiger partial charge >= 0.3 is 6.03 Å². The highest BCUT2D eigenvalue weighted by Gasteiger charge is 2.43. The van der Waals surface area contributed by atoms with Gasteiger partial charge in [-0.15, -0.1) is 0 Å². The van der Waals surface area contributed by atoms with E-state index in [1.807, 2.05) is 0 Å². The van der Waals surface area contributed by atoms with Crippen LogP contribution in [0.3, 0.4) is 0 Å². The van der Waals surface area contributed by atoms with E-state index < -0.39 is 17.8 Å². The first kappa shape index (κ1) is 21.6. The summed E-state index contributed by atoms with van der Waals surface area (Å²) in [5.74, 6) is -1.29. The third-order valence-corrected chi connectivity index (χ3v) is 5.32. The monoisotopic (exact) mass is 466 g/mol. The van der Waals surface area contributed by atoms with Gasteiger partial charge in [0.05, 0.1) is 23.5 Å². The van der Waals surface area contributed by atoms with Crippen LogP contribution in [0.5, 0.6) is 5.75 Å².